The molecule has 10 heteroatoms. The van der Waals surface area contributed by atoms with E-state index in [-0.39, 0.29) is 13.0 Å². The Morgan fingerprint density at radius 2 is 1.78 bits per heavy atom. The number of ether oxygens (including phenoxy) is 1. The van der Waals surface area contributed by atoms with Crippen molar-refractivity contribution in [2.75, 3.05) is 32.6 Å². The minimum atomic E-state index is -1.48. The van der Waals surface area contributed by atoms with Crippen LogP contribution >= 0.6 is 0 Å². The Morgan fingerprint density at radius 3 is 2.39 bits per heavy atom. The predicted octanol–water partition coefficient (Wildman–Crippen LogP) is 2.04. The molecule has 2 aromatic carbocycles. The Balaban J connectivity index is 1.65. The summed E-state index contributed by atoms with van der Waals surface area (Å²) in [4.78, 5) is 55.2. The van der Waals surface area contributed by atoms with E-state index in [9.17, 15) is 23.6 Å². The van der Waals surface area contributed by atoms with Gasteiger partial charge in [-0.05, 0) is 36.8 Å². The number of hydrogen-bond acceptors (Lipinski definition) is 6. The zero-order valence-electron chi connectivity index (χ0n) is 20.4. The minimum absolute atomic E-state index is 0.0606. The predicted molar refractivity (Wildman–Crippen MR) is 129 cm³/mol. The van der Waals surface area contributed by atoms with Gasteiger partial charge in [-0.2, -0.15) is 0 Å². The Labute approximate surface area is 208 Å². The van der Waals surface area contributed by atoms with Crippen molar-refractivity contribution in [3.8, 4) is 0 Å². The highest BCUT2D eigenvalue weighted by molar-refractivity contribution is 6.09. The summed E-state index contributed by atoms with van der Waals surface area (Å²) >= 11 is 0. The van der Waals surface area contributed by atoms with Gasteiger partial charge in [-0.25, -0.2) is 9.18 Å². The Hall–Kier alpha value is -3.79. The molecule has 2 N–H and O–H groups in total. The maximum Gasteiger partial charge on any atom is 0.327 e. The smallest absolute Gasteiger partial charge is 0.327 e. The average Bonchev–Trinajstić information content (AvgIpc) is 3.32. The van der Waals surface area contributed by atoms with Crippen LogP contribution in [0.25, 0.3) is 0 Å². The highest BCUT2D eigenvalue weighted by Crippen LogP contribution is 2.45. The van der Waals surface area contributed by atoms with Gasteiger partial charge in [0.1, 0.15) is 11.4 Å². The summed E-state index contributed by atoms with van der Waals surface area (Å²) in [5, 5.41) is 5.98. The van der Waals surface area contributed by atoms with Gasteiger partial charge >= 0.3 is 12.0 Å². The number of nitrogens with zero attached hydrogens (tertiary/aromatic N) is 2. The molecule has 36 heavy (non-hydrogen) atoms. The van der Waals surface area contributed by atoms with Crippen LogP contribution in [-0.4, -0.2) is 72.4 Å². The summed E-state index contributed by atoms with van der Waals surface area (Å²) in [7, 11) is 2.65. The third-order valence-electron chi connectivity index (χ3n) is 7.04. The zero-order chi connectivity index (χ0) is 26.0. The fourth-order valence-electron chi connectivity index (χ4n) is 5.28. The summed E-state index contributed by atoms with van der Waals surface area (Å²) in [6.45, 7) is 2.14. The molecule has 2 saturated heterocycles. The molecule has 4 rings (SSSR count). The number of fused-ring (bicyclic) bond motifs is 1. The van der Waals surface area contributed by atoms with Crippen LogP contribution in [0.4, 0.5) is 14.9 Å². The lowest BCUT2D eigenvalue weighted by molar-refractivity contribution is -0.153. The Bertz CT molecular complexity index is 1160. The average molecular weight is 497 g/mol. The SMILES string of the molecule is CCN(C[C@H]1N[C@@](Cc2ccccc2)(C(=O)OC)[C@H]2C(=O)N(C)C(=O)[C@@H]12)C(=O)Nc1ccc(F)cc1. The molecule has 0 radical (unpaired) electrons. The van der Waals surface area contributed by atoms with E-state index < -0.39 is 53.0 Å². The number of likely N-dealkylation sites (N-methyl/N-ethyl adjacent to an activating group) is 1. The summed E-state index contributed by atoms with van der Waals surface area (Å²) in [5.74, 6) is -3.76. The van der Waals surface area contributed by atoms with Crippen LogP contribution in [-0.2, 0) is 25.5 Å². The lowest BCUT2D eigenvalue weighted by Gasteiger charge is -2.33. The molecular formula is C26H29FN4O5. The highest BCUT2D eigenvalue weighted by Gasteiger charge is 2.68. The lowest BCUT2D eigenvalue weighted by Crippen LogP contribution is -2.59. The van der Waals surface area contributed by atoms with Crippen LogP contribution in [0.15, 0.2) is 54.6 Å². The van der Waals surface area contributed by atoms with Crippen molar-refractivity contribution in [2.45, 2.75) is 24.9 Å². The molecule has 9 nitrogen and oxygen atoms in total. The number of halogens is 1. The van der Waals surface area contributed by atoms with E-state index in [1.54, 1.807) is 6.92 Å². The highest BCUT2D eigenvalue weighted by atomic mass is 19.1. The number of amides is 4. The number of nitrogens with one attached hydrogen (secondary N) is 2. The van der Waals surface area contributed by atoms with Crippen LogP contribution in [0.5, 0.6) is 0 Å². The number of carbonyl (C=O) groups is 4. The number of likely N-dealkylation sites (tertiary alicyclic amines) is 1. The van der Waals surface area contributed by atoms with Crippen LogP contribution in [0, 0.1) is 17.7 Å². The molecule has 4 amide bonds. The largest absolute Gasteiger partial charge is 0.468 e. The maximum atomic E-state index is 13.3. The first-order chi connectivity index (χ1) is 17.2. The van der Waals surface area contributed by atoms with Gasteiger partial charge < -0.3 is 15.0 Å². The van der Waals surface area contributed by atoms with Gasteiger partial charge in [0.25, 0.3) is 0 Å². The first-order valence-corrected chi connectivity index (χ1v) is 11.7. The third kappa shape index (κ3) is 4.44. The van der Waals surface area contributed by atoms with Crippen molar-refractivity contribution in [1.29, 1.82) is 0 Å². The van der Waals surface area contributed by atoms with Gasteiger partial charge in [-0.3, -0.25) is 24.6 Å². The molecule has 2 fully saturated rings. The van der Waals surface area contributed by atoms with Crippen molar-refractivity contribution in [3.05, 3.63) is 66.0 Å². The summed E-state index contributed by atoms with van der Waals surface area (Å²) < 4.78 is 18.4. The van der Waals surface area contributed by atoms with Crippen molar-refractivity contribution < 1.29 is 28.3 Å². The molecule has 0 saturated carbocycles. The normalized spacial score (nSPS) is 25.0. The lowest BCUT2D eigenvalue weighted by atomic mass is 9.76. The molecule has 2 aliphatic rings. The van der Waals surface area contributed by atoms with E-state index in [0.29, 0.717) is 12.2 Å². The van der Waals surface area contributed by atoms with E-state index in [1.165, 1.54) is 43.3 Å². The molecule has 4 atom stereocenters. The molecule has 0 spiro atoms. The second-order valence-electron chi connectivity index (χ2n) is 9.09. The van der Waals surface area contributed by atoms with Gasteiger partial charge in [0.2, 0.25) is 11.8 Å². The maximum absolute atomic E-state index is 13.3. The van der Waals surface area contributed by atoms with Crippen LogP contribution in [0.3, 0.4) is 0 Å². The number of imide groups is 1. The Kier molecular flexibility index (Phi) is 7.07. The number of rotatable bonds is 7. The number of esters is 1. The number of hydrogen-bond donors (Lipinski definition) is 2. The molecule has 0 aliphatic carbocycles. The van der Waals surface area contributed by atoms with E-state index >= 15 is 0 Å². The molecule has 190 valence electrons. The summed E-state index contributed by atoms with van der Waals surface area (Å²) in [6, 6.07) is 13.4. The second-order valence-corrected chi connectivity index (χ2v) is 9.09. The fourth-order valence-corrected chi connectivity index (χ4v) is 5.28. The van der Waals surface area contributed by atoms with Crippen molar-refractivity contribution in [1.82, 2.24) is 15.1 Å². The zero-order valence-corrected chi connectivity index (χ0v) is 20.4. The van der Waals surface area contributed by atoms with E-state index in [0.717, 1.165) is 10.5 Å². The Morgan fingerprint density at radius 1 is 1.11 bits per heavy atom. The number of anilines is 1. The second kappa shape index (κ2) is 10.1. The topological polar surface area (TPSA) is 108 Å². The monoisotopic (exact) mass is 496 g/mol. The summed E-state index contributed by atoms with van der Waals surface area (Å²) in [5.41, 5.74) is -0.265. The van der Waals surface area contributed by atoms with Crippen LogP contribution < -0.4 is 10.6 Å². The molecule has 2 aliphatic heterocycles. The van der Waals surface area contributed by atoms with Gasteiger partial charge in [0.05, 0.1) is 18.9 Å². The van der Waals surface area contributed by atoms with Crippen molar-refractivity contribution in [3.63, 3.8) is 0 Å². The van der Waals surface area contributed by atoms with E-state index in [4.69, 9.17) is 4.74 Å². The molecule has 0 aromatic heterocycles. The molecule has 0 unspecified atom stereocenters. The number of carbonyl (C=O) groups excluding carboxylic acids is 4. The van der Waals surface area contributed by atoms with Gasteiger partial charge in [-0.15, -0.1) is 0 Å². The molecular weight excluding hydrogens is 467 g/mol. The molecule has 0 bridgehead atoms. The quantitative estimate of drug-likeness (QED) is 0.449. The summed E-state index contributed by atoms with van der Waals surface area (Å²) in [6.07, 6.45) is 0.138. The van der Waals surface area contributed by atoms with E-state index in [2.05, 4.69) is 10.6 Å². The van der Waals surface area contributed by atoms with E-state index in [1.807, 2.05) is 30.3 Å². The van der Waals surface area contributed by atoms with Crippen molar-refractivity contribution >= 4 is 29.5 Å². The van der Waals surface area contributed by atoms with Crippen LogP contribution in [0.1, 0.15) is 12.5 Å². The molecule has 2 aromatic rings. The minimum Gasteiger partial charge on any atom is -0.468 e. The number of urea groups is 1. The fraction of sp³-hybridized carbons (Fsp3) is 0.385. The van der Waals surface area contributed by atoms with Gasteiger partial charge in [0, 0.05) is 38.3 Å². The van der Waals surface area contributed by atoms with Gasteiger partial charge in [0.15, 0.2) is 0 Å². The number of benzene rings is 2. The van der Waals surface area contributed by atoms with Crippen molar-refractivity contribution in [2.24, 2.45) is 11.8 Å². The van der Waals surface area contributed by atoms with Gasteiger partial charge in [-0.1, -0.05) is 30.3 Å². The standard InChI is InChI=1S/C26H29FN4O5/c1-4-31(25(35)28-18-12-10-17(27)11-13-18)15-19-20-21(23(33)30(2)22(20)32)26(29-19,24(34)36-3)14-16-8-6-5-7-9-16/h5-13,19-21,29H,4,14-15H2,1-3H3,(H,28,35)/t19-,20+,21-,26-/m1/s1. The number of methoxy groups -OCH3 is 1. The van der Waals surface area contributed by atoms with Crippen LogP contribution in [0.2, 0.25) is 0 Å². The third-order valence-corrected chi connectivity index (χ3v) is 7.04. The first-order valence-electron chi connectivity index (χ1n) is 11.7. The first kappa shape index (κ1) is 25.3. The molecule has 2 heterocycles.